The molecule has 0 aromatic heterocycles. The standard InChI is InChI=1S/C16H21FN2O/c17-13-6-5-11-7-8-19(15(11)10-13)16(20)9-12-3-1-2-4-14(12)18/h5-6,10,12,14H,1-4,7-9,18H2. The fraction of sp³-hybridized carbons (Fsp3) is 0.562. The lowest BCUT2D eigenvalue weighted by atomic mass is 9.83. The maximum atomic E-state index is 13.4. The number of nitrogens with zero attached hydrogens (tertiary/aromatic N) is 1. The highest BCUT2D eigenvalue weighted by atomic mass is 19.1. The Balaban J connectivity index is 1.71. The molecule has 3 nitrogen and oxygen atoms in total. The Hall–Kier alpha value is -1.42. The van der Waals surface area contributed by atoms with Crippen molar-refractivity contribution in [2.24, 2.45) is 11.7 Å². The van der Waals surface area contributed by atoms with Gasteiger partial charge >= 0.3 is 0 Å². The zero-order valence-electron chi connectivity index (χ0n) is 11.6. The van der Waals surface area contributed by atoms with Crippen molar-refractivity contribution in [2.45, 2.75) is 44.6 Å². The van der Waals surface area contributed by atoms with E-state index in [1.54, 1.807) is 11.0 Å². The van der Waals surface area contributed by atoms with Crippen LogP contribution < -0.4 is 10.6 Å². The van der Waals surface area contributed by atoms with Gasteiger partial charge in [-0.1, -0.05) is 18.9 Å². The Bertz CT molecular complexity index is 517. The smallest absolute Gasteiger partial charge is 0.227 e. The summed E-state index contributed by atoms with van der Waals surface area (Å²) in [6.07, 6.45) is 5.70. The molecular weight excluding hydrogens is 255 g/mol. The van der Waals surface area contributed by atoms with Crippen LogP contribution in [0.5, 0.6) is 0 Å². The lowest BCUT2D eigenvalue weighted by Crippen LogP contribution is -2.38. The van der Waals surface area contributed by atoms with E-state index in [0.717, 1.165) is 36.9 Å². The highest BCUT2D eigenvalue weighted by Gasteiger charge is 2.30. The largest absolute Gasteiger partial charge is 0.327 e. The van der Waals surface area contributed by atoms with Crippen molar-refractivity contribution in [3.8, 4) is 0 Å². The maximum Gasteiger partial charge on any atom is 0.227 e. The minimum atomic E-state index is -0.280. The van der Waals surface area contributed by atoms with Crippen LogP contribution in [0.3, 0.4) is 0 Å². The van der Waals surface area contributed by atoms with Crippen molar-refractivity contribution < 1.29 is 9.18 Å². The highest BCUT2D eigenvalue weighted by molar-refractivity contribution is 5.95. The van der Waals surface area contributed by atoms with Gasteiger partial charge in [-0.05, 0) is 42.9 Å². The highest BCUT2D eigenvalue weighted by Crippen LogP contribution is 2.32. The lowest BCUT2D eigenvalue weighted by molar-refractivity contribution is -0.119. The van der Waals surface area contributed by atoms with Gasteiger partial charge in [0.1, 0.15) is 5.82 Å². The Kier molecular flexibility index (Phi) is 3.74. The van der Waals surface area contributed by atoms with Gasteiger partial charge in [-0.2, -0.15) is 0 Å². The third-order valence-electron chi connectivity index (χ3n) is 4.65. The van der Waals surface area contributed by atoms with Crippen molar-refractivity contribution in [3.63, 3.8) is 0 Å². The molecule has 1 heterocycles. The predicted molar refractivity (Wildman–Crippen MR) is 77.0 cm³/mol. The van der Waals surface area contributed by atoms with E-state index >= 15 is 0 Å². The molecule has 3 rings (SSSR count). The van der Waals surface area contributed by atoms with Crippen LogP contribution >= 0.6 is 0 Å². The molecule has 1 aliphatic heterocycles. The number of halogens is 1. The first-order chi connectivity index (χ1) is 9.65. The number of carbonyl (C=O) groups excluding carboxylic acids is 1. The van der Waals surface area contributed by atoms with E-state index < -0.39 is 0 Å². The molecule has 0 radical (unpaired) electrons. The molecule has 1 amide bonds. The van der Waals surface area contributed by atoms with Crippen molar-refractivity contribution in [1.82, 2.24) is 0 Å². The number of hydrogen-bond acceptors (Lipinski definition) is 2. The molecule has 2 unspecified atom stereocenters. The Morgan fingerprint density at radius 2 is 2.15 bits per heavy atom. The molecular formula is C16H21FN2O. The zero-order valence-corrected chi connectivity index (χ0v) is 11.6. The molecule has 4 heteroatoms. The topological polar surface area (TPSA) is 46.3 Å². The minimum absolute atomic E-state index is 0.0942. The molecule has 1 aliphatic carbocycles. The van der Waals surface area contributed by atoms with Crippen LogP contribution in [0.2, 0.25) is 0 Å². The summed E-state index contributed by atoms with van der Waals surface area (Å²) >= 11 is 0. The van der Waals surface area contributed by atoms with Gasteiger partial charge in [-0.3, -0.25) is 4.79 Å². The fourth-order valence-corrected chi connectivity index (χ4v) is 3.44. The molecule has 0 saturated heterocycles. The number of carbonyl (C=O) groups is 1. The van der Waals surface area contributed by atoms with Crippen LogP contribution in [-0.4, -0.2) is 18.5 Å². The third kappa shape index (κ3) is 2.57. The SMILES string of the molecule is NC1CCCCC1CC(=O)N1CCc2ccc(F)cc21. The van der Waals surface area contributed by atoms with E-state index in [4.69, 9.17) is 5.73 Å². The van der Waals surface area contributed by atoms with Crippen LogP contribution in [0.4, 0.5) is 10.1 Å². The average molecular weight is 276 g/mol. The van der Waals surface area contributed by atoms with Crippen molar-refractivity contribution >= 4 is 11.6 Å². The molecule has 1 fully saturated rings. The normalized spacial score (nSPS) is 25.6. The Labute approximate surface area is 118 Å². The summed E-state index contributed by atoms with van der Waals surface area (Å²) in [4.78, 5) is 14.2. The quantitative estimate of drug-likeness (QED) is 0.902. The molecule has 1 aromatic carbocycles. The van der Waals surface area contributed by atoms with Crippen LogP contribution in [0, 0.1) is 11.7 Å². The molecule has 20 heavy (non-hydrogen) atoms. The molecule has 108 valence electrons. The van der Waals surface area contributed by atoms with E-state index in [1.165, 1.54) is 18.6 Å². The van der Waals surface area contributed by atoms with Crippen molar-refractivity contribution in [2.75, 3.05) is 11.4 Å². The number of anilines is 1. The second-order valence-electron chi connectivity index (χ2n) is 5.98. The van der Waals surface area contributed by atoms with E-state index in [2.05, 4.69) is 0 Å². The summed E-state index contributed by atoms with van der Waals surface area (Å²) in [6.45, 7) is 0.666. The summed E-state index contributed by atoms with van der Waals surface area (Å²) in [6, 6.07) is 4.86. The summed E-state index contributed by atoms with van der Waals surface area (Å²) in [5.41, 5.74) is 7.93. The second-order valence-corrected chi connectivity index (χ2v) is 5.98. The van der Waals surface area contributed by atoms with Crippen LogP contribution in [0.25, 0.3) is 0 Å². The molecule has 0 bridgehead atoms. The molecule has 2 atom stereocenters. The van der Waals surface area contributed by atoms with Gasteiger partial charge in [-0.25, -0.2) is 4.39 Å². The first-order valence-electron chi connectivity index (χ1n) is 7.49. The van der Waals surface area contributed by atoms with Gasteiger partial charge < -0.3 is 10.6 Å². The predicted octanol–water partition coefficient (Wildman–Crippen LogP) is 2.62. The number of hydrogen-bond donors (Lipinski definition) is 1. The minimum Gasteiger partial charge on any atom is -0.327 e. The fourth-order valence-electron chi connectivity index (χ4n) is 3.44. The Morgan fingerprint density at radius 3 is 2.95 bits per heavy atom. The zero-order chi connectivity index (χ0) is 14.1. The molecule has 2 aliphatic rings. The van der Waals surface area contributed by atoms with Crippen LogP contribution in [0.15, 0.2) is 18.2 Å². The van der Waals surface area contributed by atoms with Gasteiger partial charge in [-0.15, -0.1) is 0 Å². The first kappa shape index (κ1) is 13.6. The number of amides is 1. The van der Waals surface area contributed by atoms with Crippen LogP contribution in [-0.2, 0) is 11.2 Å². The molecule has 2 N–H and O–H groups in total. The van der Waals surface area contributed by atoms with E-state index in [-0.39, 0.29) is 23.7 Å². The first-order valence-corrected chi connectivity index (χ1v) is 7.49. The van der Waals surface area contributed by atoms with Gasteiger partial charge in [0.25, 0.3) is 0 Å². The van der Waals surface area contributed by atoms with Gasteiger partial charge in [0.15, 0.2) is 0 Å². The maximum absolute atomic E-state index is 13.4. The lowest BCUT2D eigenvalue weighted by Gasteiger charge is -2.29. The number of fused-ring (bicyclic) bond motifs is 1. The summed E-state index contributed by atoms with van der Waals surface area (Å²) in [7, 11) is 0. The van der Waals surface area contributed by atoms with E-state index in [0.29, 0.717) is 13.0 Å². The molecule has 1 saturated carbocycles. The summed E-state index contributed by atoms with van der Waals surface area (Å²) in [5, 5.41) is 0. The van der Waals surface area contributed by atoms with E-state index in [9.17, 15) is 9.18 Å². The summed E-state index contributed by atoms with van der Waals surface area (Å²) < 4.78 is 13.4. The third-order valence-corrected chi connectivity index (χ3v) is 4.65. The number of rotatable bonds is 2. The van der Waals surface area contributed by atoms with Gasteiger partial charge in [0, 0.05) is 24.7 Å². The molecule has 1 aromatic rings. The van der Waals surface area contributed by atoms with Gasteiger partial charge in [0.2, 0.25) is 5.91 Å². The van der Waals surface area contributed by atoms with Crippen molar-refractivity contribution in [3.05, 3.63) is 29.6 Å². The Morgan fingerprint density at radius 1 is 1.35 bits per heavy atom. The number of nitrogens with two attached hydrogens (primary N) is 1. The number of benzene rings is 1. The van der Waals surface area contributed by atoms with Gasteiger partial charge in [0.05, 0.1) is 0 Å². The second kappa shape index (κ2) is 5.52. The monoisotopic (exact) mass is 276 g/mol. The average Bonchev–Trinajstić information content (AvgIpc) is 2.84. The van der Waals surface area contributed by atoms with Crippen LogP contribution in [0.1, 0.15) is 37.7 Å². The molecule has 0 spiro atoms. The summed E-state index contributed by atoms with van der Waals surface area (Å²) in [5.74, 6) is 0.100. The van der Waals surface area contributed by atoms with Crippen molar-refractivity contribution in [1.29, 1.82) is 0 Å². The van der Waals surface area contributed by atoms with E-state index in [1.807, 2.05) is 0 Å².